The van der Waals surface area contributed by atoms with Crippen LogP contribution in [-0.2, 0) is 25.3 Å². The Labute approximate surface area is 205 Å². The summed E-state index contributed by atoms with van der Waals surface area (Å²) >= 11 is 0. The van der Waals surface area contributed by atoms with Crippen LogP contribution in [0.2, 0.25) is 0 Å². The van der Waals surface area contributed by atoms with Crippen LogP contribution in [0.3, 0.4) is 0 Å². The van der Waals surface area contributed by atoms with Crippen molar-refractivity contribution in [2.24, 2.45) is 11.8 Å². The minimum absolute atomic E-state index is 0.0748. The summed E-state index contributed by atoms with van der Waals surface area (Å²) in [6.07, 6.45) is -0.875. The van der Waals surface area contributed by atoms with E-state index in [0.717, 1.165) is 42.5 Å². The first-order valence-electron chi connectivity index (χ1n) is 11.5. The Morgan fingerprint density at radius 2 is 1.69 bits per heavy atom. The minimum Gasteiger partial charge on any atom is -0.483 e. The summed E-state index contributed by atoms with van der Waals surface area (Å²) in [5.74, 6) is -1.74. The SMILES string of the molecule is COC(=O)C1CC1c1ccc(C2CCCC(C(=O)Nc3ccc(C(F)(F)F)cc3F)C2)cc1.O=CO. The predicted molar refractivity (Wildman–Crippen MR) is 123 cm³/mol. The Morgan fingerprint density at radius 1 is 1.06 bits per heavy atom. The molecule has 0 spiro atoms. The number of carbonyl (C=O) groups is 3. The van der Waals surface area contributed by atoms with Gasteiger partial charge in [0.25, 0.3) is 6.47 Å². The minimum atomic E-state index is -4.64. The molecule has 36 heavy (non-hydrogen) atoms. The highest BCUT2D eigenvalue weighted by atomic mass is 19.4. The van der Waals surface area contributed by atoms with E-state index in [1.807, 2.05) is 24.3 Å². The number of halogens is 4. The smallest absolute Gasteiger partial charge is 0.416 e. The number of carbonyl (C=O) groups excluding carboxylic acids is 2. The predicted octanol–water partition coefficient (Wildman–Crippen LogP) is 5.73. The fraction of sp³-hybridized carbons (Fsp3) is 0.423. The maximum Gasteiger partial charge on any atom is 0.416 e. The lowest BCUT2D eigenvalue weighted by Crippen LogP contribution is -2.28. The van der Waals surface area contributed by atoms with E-state index >= 15 is 0 Å². The molecule has 10 heteroatoms. The van der Waals surface area contributed by atoms with E-state index in [0.29, 0.717) is 18.9 Å². The third kappa shape index (κ3) is 6.61. The molecule has 1 amide bonds. The van der Waals surface area contributed by atoms with E-state index in [1.165, 1.54) is 7.11 Å². The van der Waals surface area contributed by atoms with E-state index in [9.17, 15) is 27.2 Å². The molecule has 0 bridgehead atoms. The normalized spacial score (nSPS) is 23.0. The quantitative estimate of drug-likeness (QED) is 0.305. The van der Waals surface area contributed by atoms with E-state index in [4.69, 9.17) is 14.6 Å². The molecule has 0 aliphatic heterocycles. The van der Waals surface area contributed by atoms with Gasteiger partial charge in [0, 0.05) is 5.92 Å². The number of ether oxygens (including phenoxy) is 1. The van der Waals surface area contributed by atoms with Gasteiger partial charge in [0.05, 0.1) is 24.3 Å². The van der Waals surface area contributed by atoms with Crippen LogP contribution in [0.15, 0.2) is 42.5 Å². The number of rotatable bonds is 5. The van der Waals surface area contributed by atoms with E-state index in [-0.39, 0.29) is 47.7 Å². The van der Waals surface area contributed by atoms with Crippen LogP contribution >= 0.6 is 0 Å². The van der Waals surface area contributed by atoms with Crippen molar-refractivity contribution in [3.63, 3.8) is 0 Å². The summed E-state index contributed by atoms with van der Waals surface area (Å²) in [6, 6.07) is 10.2. The average Bonchev–Trinajstić information content (AvgIpc) is 3.66. The van der Waals surface area contributed by atoms with E-state index in [2.05, 4.69) is 5.32 Å². The third-order valence-corrected chi connectivity index (χ3v) is 6.73. The molecule has 4 rings (SSSR count). The van der Waals surface area contributed by atoms with Crippen LogP contribution in [0.4, 0.5) is 23.2 Å². The van der Waals surface area contributed by atoms with Gasteiger partial charge >= 0.3 is 12.1 Å². The van der Waals surface area contributed by atoms with Crippen LogP contribution in [0, 0.1) is 17.7 Å². The zero-order valence-corrected chi connectivity index (χ0v) is 19.6. The molecule has 0 radical (unpaired) electrons. The zero-order chi connectivity index (χ0) is 26.5. The van der Waals surface area contributed by atoms with Crippen molar-refractivity contribution < 1.29 is 41.8 Å². The van der Waals surface area contributed by atoms with Crippen molar-refractivity contribution in [1.82, 2.24) is 0 Å². The average molecular weight is 509 g/mol. The molecule has 4 unspecified atom stereocenters. The van der Waals surface area contributed by atoms with Gasteiger partial charge in [0.15, 0.2) is 0 Å². The molecule has 2 fully saturated rings. The number of alkyl halides is 3. The highest BCUT2D eigenvalue weighted by Gasteiger charge is 2.44. The van der Waals surface area contributed by atoms with Gasteiger partial charge in [0.1, 0.15) is 5.82 Å². The van der Waals surface area contributed by atoms with Gasteiger partial charge in [-0.1, -0.05) is 30.7 Å². The summed E-state index contributed by atoms with van der Waals surface area (Å²) in [6.45, 7) is -0.250. The molecule has 2 saturated carbocycles. The first-order valence-corrected chi connectivity index (χ1v) is 11.5. The summed E-state index contributed by atoms with van der Waals surface area (Å²) in [5, 5.41) is 9.35. The lowest BCUT2D eigenvalue weighted by atomic mass is 9.77. The highest BCUT2D eigenvalue weighted by Crippen LogP contribution is 2.48. The molecular weight excluding hydrogens is 482 g/mol. The van der Waals surface area contributed by atoms with Gasteiger partial charge in [-0.2, -0.15) is 13.2 Å². The van der Waals surface area contributed by atoms with Crippen molar-refractivity contribution in [2.45, 2.75) is 50.1 Å². The second-order valence-corrected chi connectivity index (χ2v) is 8.99. The molecule has 2 aliphatic carbocycles. The standard InChI is InChI=1S/C25H25F4NO3.CH2O2/c1-33-24(32)20-13-19(20)15-7-5-14(6-8-15)16-3-2-4-17(11-16)23(31)30-22-10-9-18(12-21(22)26)25(27,28)29;2-1-3/h5-10,12,16-17,19-20H,2-4,11,13H2,1H3,(H,30,31);1H,(H,2,3). The van der Waals surface area contributed by atoms with Crippen molar-refractivity contribution in [3.05, 3.63) is 65.0 Å². The summed E-state index contributed by atoms with van der Waals surface area (Å²) in [4.78, 5) is 32.7. The molecule has 0 saturated heterocycles. The molecule has 0 aromatic heterocycles. The molecular formula is C26H27F4NO5. The second-order valence-electron chi connectivity index (χ2n) is 8.99. The number of anilines is 1. The van der Waals surface area contributed by atoms with Crippen LogP contribution in [-0.4, -0.2) is 30.6 Å². The van der Waals surface area contributed by atoms with E-state index in [1.54, 1.807) is 0 Å². The van der Waals surface area contributed by atoms with Gasteiger partial charge in [-0.05, 0) is 66.8 Å². The largest absolute Gasteiger partial charge is 0.483 e. The van der Waals surface area contributed by atoms with Crippen molar-refractivity contribution in [2.75, 3.05) is 12.4 Å². The third-order valence-electron chi connectivity index (χ3n) is 6.73. The number of methoxy groups -OCH3 is 1. The van der Waals surface area contributed by atoms with Gasteiger partial charge in [0.2, 0.25) is 5.91 Å². The monoisotopic (exact) mass is 509 g/mol. The van der Waals surface area contributed by atoms with Crippen molar-refractivity contribution in [3.8, 4) is 0 Å². The fourth-order valence-corrected chi connectivity index (χ4v) is 4.75. The second kappa shape index (κ2) is 11.5. The number of amides is 1. The van der Waals surface area contributed by atoms with Crippen molar-refractivity contribution >= 4 is 24.0 Å². The molecule has 2 aromatic rings. The number of esters is 1. The Bertz CT molecular complexity index is 1090. The fourth-order valence-electron chi connectivity index (χ4n) is 4.75. The molecule has 4 atom stereocenters. The van der Waals surface area contributed by atoms with Gasteiger partial charge < -0.3 is 15.2 Å². The number of hydrogen-bond donors (Lipinski definition) is 2. The number of nitrogens with one attached hydrogen (secondary N) is 1. The van der Waals surface area contributed by atoms with Gasteiger partial charge in [-0.25, -0.2) is 4.39 Å². The lowest BCUT2D eigenvalue weighted by Gasteiger charge is -2.29. The van der Waals surface area contributed by atoms with Crippen molar-refractivity contribution in [1.29, 1.82) is 0 Å². The van der Waals surface area contributed by atoms with Crippen LogP contribution in [0.1, 0.15) is 60.6 Å². The molecule has 0 heterocycles. The molecule has 194 valence electrons. The summed E-state index contributed by atoms with van der Waals surface area (Å²) in [5.41, 5.74) is 0.858. The van der Waals surface area contributed by atoms with Crippen LogP contribution in [0.25, 0.3) is 0 Å². The lowest BCUT2D eigenvalue weighted by molar-refractivity contribution is -0.142. The maximum atomic E-state index is 14.1. The maximum absolute atomic E-state index is 14.1. The molecule has 2 aliphatic rings. The van der Waals surface area contributed by atoms with Crippen LogP contribution in [0.5, 0.6) is 0 Å². The first kappa shape index (κ1) is 27.2. The van der Waals surface area contributed by atoms with Gasteiger partial charge in [-0.15, -0.1) is 0 Å². The first-order chi connectivity index (χ1) is 17.1. The van der Waals surface area contributed by atoms with E-state index < -0.39 is 17.6 Å². The van der Waals surface area contributed by atoms with Gasteiger partial charge in [-0.3, -0.25) is 14.4 Å². The Kier molecular flexibility index (Phi) is 8.70. The number of benzene rings is 2. The topological polar surface area (TPSA) is 92.7 Å². The Hall–Kier alpha value is -3.43. The van der Waals surface area contributed by atoms with Crippen LogP contribution < -0.4 is 5.32 Å². The Balaban J connectivity index is 0.00000115. The highest BCUT2D eigenvalue weighted by molar-refractivity contribution is 5.92. The summed E-state index contributed by atoms with van der Waals surface area (Å²) in [7, 11) is 1.39. The summed E-state index contributed by atoms with van der Waals surface area (Å²) < 4.78 is 57.1. The molecule has 2 N–H and O–H groups in total. The number of carboxylic acid groups (broad SMARTS) is 1. The Morgan fingerprint density at radius 3 is 2.28 bits per heavy atom. The molecule has 6 nitrogen and oxygen atoms in total. The molecule has 2 aromatic carbocycles. The zero-order valence-electron chi connectivity index (χ0n) is 19.6. The number of hydrogen-bond acceptors (Lipinski definition) is 4.